The molecule has 2 heterocycles. The van der Waals surface area contributed by atoms with E-state index in [1.54, 1.807) is 0 Å². The van der Waals surface area contributed by atoms with Crippen molar-refractivity contribution in [1.29, 1.82) is 0 Å². The van der Waals surface area contributed by atoms with Crippen LogP contribution < -0.4 is 0 Å². The number of para-hydroxylation sites is 4. The highest BCUT2D eigenvalue weighted by molar-refractivity contribution is 6.11. The third-order valence-corrected chi connectivity index (χ3v) is 12.4. The van der Waals surface area contributed by atoms with E-state index in [-0.39, 0.29) is 0 Å². The van der Waals surface area contributed by atoms with Crippen LogP contribution in [0.2, 0.25) is 0 Å². The number of nitrogens with zero attached hydrogens (tertiary/aromatic N) is 2. The molecule has 63 heavy (non-hydrogen) atoms. The fraction of sp³-hybridized carbons (Fsp3) is 0.0164. The second kappa shape index (κ2) is 16.0. The van der Waals surface area contributed by atoms with Gasteiger partial charge in [0, 0.05) is 32.9 Å². The maximum absolute atomic E-state index is 4.68. The normalized spacial score (nSPS) is 12.0. The van der Waals surface area contributed by atoms with E-state index < -0.39 is 0 Å². The van der Waals surface area contributed by atoms with Gasteiger partial charge in [-0.25, -0.2) is 0 Å². The van der Waals surface area contributed by atoms with Gasteiger partial charge in [0.05, 0.1) is 22.1 Å². The molecule has 11 aromatic rings. The quantitative estimate of drug-likeness (QED) is 0.129. The minimum Gasteiger partial charge on any atom is -0.310 e. The Bertz CT molecular complexity index is 3450. The van der Waals surface area contributed by atoms with Gasteiger partial charge in [-0.15, -0.1) is 0 Å². The number of hydrogen-bond donors (Lipinski definition) is 0. The lowest BCUT2D eigenvalue weighted by atomic mass is 9.90. The topological polar surface area (TPSA) is 9.86 Å². The van der Waals surface area contributed by atoms with Crippen LogP contribution in [0.25, 0.3) is 105 Å². The van der Waals surface area contributed by atoms with Crippen LogP contribution in [-0.2, 0) is 0 Å². The molecule has 0 fully saturated rings. The third-order valence-electron chi connectivity index (χ3n) is 12.4. The third kappa shape index (κ3) is 6.89. The molecule has 9 aromatic carbocycles. The second-order valence-corrected chi connectivity index (χ2v) is 16.2. The molecule has 0 radical (unpaired) electrons. The molecule has 11 rings (SSSR count). The van der Waals surface area contributed by atoms with E-state index in [1.807, 2.05) is 0 Å². The first-order valence-corrected chi connectivity index (χ1v) is 21.6. The summed E-state index contributed by atoms with van der Waals surface area (Å²) in [5.74, 6) is 0. The van der Waals surface area contributed by atoms with E-state index in [1.165, 1.54) is 54.7 Å². The zero-order valence-electron chi connectivity index (χ0n) is 35.1. The van der Waals surface area contributed by atoms with Crippen LogP contribution in [0.5, 0.6) is 0 Å². The minimum absolute atomic E-state index is 0.939. The SMILES string of the molecule is C=C(/C=C\C(=C/C)n1c2ccccc2c2ccccc21)c1cc(-c2ccccc2)cc(-c2cc(-c3ccccc3)cc(-c3ccc(-n4c5ccccc5c5ccccc54)cc3)c2)c1. The first-order chi connectivity index (χ1) is 31.1. The molecule has 0 atom stereocenters. The van der Waals surface area contributed by atoms with Gasteiger partial charge < -0.3 is 9.13 Å². The van der Waals surface area contributed by atoms with Gasteiger partial charge in [0.2, 0.25) is 0 Å². The first-order valence-electron chi connectivity index (χ1n) is 21.6. The first kappa shape index (κ1) is 37.8. The molecule has 0 unspecified atom stereocenters. The summed E-state index contributed by atoms with van der Waals surface area (Å²) in [4.78, 5) is 0. The standard InChI is InChI=1S/C61H44N2/c1-3-52(62-58-26-14-10-22-54(58)55-23-11-15-27-59(55)62)33-30-42(2)46-36-47(43-18-6-4-7-19-43)39-50(37-46)51-40-48(44-20-8-5-9-21-44)38-49(41-51)45-31-34-53(35-32-45)63-60-28-16-12-24-56(60)57-25-13-17-29-61(57)63/h3-41H,2H2,1H3/b33-30-,52-3+. The maximum Gasteiger partial charge on any atom is 0.0541 e. The molecule has 2 heteroatoms. The molecule has 0 bridgehead atoms. The van der Waals surface area contributed by atoms with Gasteiger partial charge in [-0.3, -0.25) is 0 Å². The van der Waals surface area contributed by atoms with Crippen LogP contribution in [0.1, 0.15) is 12.5 Å². The molecule has 0 saturated carbocycles. The van der Waals surface area contributed by atoms with Gasteiger partial charge in [-0.05, 0) is 141 Å². The monoisotopic (exact) mass is 804 g/mol. The van der Waals surface area contributed by atoms with Crippen molar-refractivity contribution in [2.45, 2.75) is 6.92 Å². The Morgan fingerprint density at radius 2 is 0.730 bits per heavy atom. The molecule has 0 spiro atoms. The Morgan fingerprint density at radius 3 is 1.21 bits per heavy atom. The predicted octanol–water partition coefficient (Wildman–Crippen LogP) is 16.7. The average Bonchev–Trinajstić information content (AvgIpc) is 3.87. The van der Waals surface area contributed by atoms with Gasteiger partial charge in [-0.2, -0.15) is 0 Å². The van der Waals surface area contributed by atoms with Crippen LogP contribution in [0.4, 0.5) is 0 Å². The number of rotatable bonds is 9. The van der Waals surface area contributed by atoms with Crippen LogP contribution >= 0.6 is 0 Å². The van der Waals surface area contributed by atoms with Crippen molar-refractivity contribution in [3.05, 3.63) is 249 Å². The van der Waals surface area contributed by atoms with Gasteiger partial charge in [0.25, 0.3) is 0 Å². The number of benzene rings is 9. The molecular weight excluding hydrogens is 761 g/mol. The van der Waals surface area contributed by atoms with Gasteiger partial charge >= 0.3 is 0 Å². The summed E-state index contributed by atoms with van der Waals surface area (Å²) in [5.41, 5.74) is 18.3. The highest BCUT2D eigenvalue weighted by atomic mass is 15.0. The number of fused-ring (bicyclic) bond motifs is 6. The van der Waals surface area contributed by atoms with Crippen LogP contribution in [0.15, 0.2) is 243 Å². The summed E-state index contributed by atoms with van der Waals surface area (Å²) in [7, 11) is 0. The number of hydrogen-bond acceptors (Lipinski definition) is 0. The van der Waals surface area contributed by atoms with Gasteiger partial charge in [-0.1, -0.05) is 164 Å². The molecule has 0 saturated heterocycles. The zero-order chi connectivity index (χ0) is 42.3. The Morgan fingerprint density at radius 1 is 0.365 bits per heavy atom. The van der Waals surface area contributed by atoms with E-state index in [4.69, 9.17) is 0 Å². The molecular formula is C61H44N2. The maximum atomic E-state index is 4.68. The van der Waals surface area contributed by atoms with Crippen molar-refractivity contribution in [2.24, 2.45) is 0 Å². The van der Waals surface area contributed by atoms with Crippen molar-refractivity contribution in [1.82, 2.24) is 9.13 Å². The Labute approximate surface area is 368 Å². The lowest BCUT2D eigenvalue weighted by Gasteiger charge is -2.15. The molecule has 0 aliphatic carbocycles. The van der Waals surface area contributed by atoms with Crippen molar-refractivity contribution < 1.29 is 0 Å². The van der Waals surface area contributed by atoms with Crippen molar-refractivity contribution in [3.63, 3.8) is 0 Å². The smallest absolute Gasteiger partial charge is 0.0541 e. The molecule has 0 aliphatic heterocycles. The molecule has 2 nitrogen and oxygen atoms in total. The van der Waals surface area contributed by atoms with E-state index in [9.17, 15) is 0 Å². The fourth-order valence-electron chi connectivity index (χ4n) is 9.32. The van der Waals surface area contributed by atoms with Crippen molar-refractivity contribution >= 4 is 54.9 Å². The second-order valence-electron chi connectivity index (χ2n) is 16.2. The highest BCUT2D eigenvalue weighted by Gasteiger charge is 2.15. The Hall–Kier alpha value is -8.20. The van der Waals surface area contributed by atoms with Crippen LogP contribution in [0, 0.1) is 0 Å². The van der Waals surface area contributed by atoms with E-state index in [0.29, 0.717) is 0 Å². The Balaban J connectivity index is 1.01. The zero-order valence-corrected chi connectivity index (χ0v) is 35.1. The molecule has 0 amide bonds. The molecule has 298 valence electrons. The van der Waals surface area contributed by atoms with Crippen molar-refractivity contribution in [2.75, 3.05) is 0 Å². The number of aromatic nitrogens is 2. The summed E-state index contributed by atoms with van der Waals surface area (Å²) in [6.45, 7) is 6.79. The van der Waals surface area contributed by atoms with E-state index in [0.717, 1.165) is 55.9 Å². The predicted molar refractivity (Wildman–Crippen MR) is 270 cm³/mol. The average molecular weight is 805 g/mol. The molecule has 0 N–H and O–H groups in total. The van der Waals surface area contributed by atoms with Crippen LogP contribution in [0.3, 0.4) is 0 Å². The summed E-state index contributed by atoms with van der Waals surface area (Å²) in [6, 6.07) is 79.0. The summed E-state index contributed by atoms with van der Waals surface area (Å²) < 4.78 is 4.73. The van der Waals surface area contributed by atoms with Gasteiger partial charge in [0.15, 0.2) is 0 Å². The fourth-order valence-corrected chi connectivity index (χ4v) is 9.32. The molecule has 2 aromatic heterocycles. The van der Waals surface area contributed by atoms with Gasteiger partial charge in [0.1, 0.15) is 0 Å². The lowest BCUT2D eigenvalue weighted by Crippen LogP contribution is -1.94. The summed E-state index contributed by atoms with van der Waals surface area (Å²) in [6.07, 6.45) is 6.55. The van der Waals surface area contributed by atoms with E-state index in [2.05, 4.69) is 259 Å². The highest BCUT2D eigenvalue weighted by Crippen LogP contribution is 2.39. The summed E-state index contributed by atoms with van der Waals surface area (Å²) in [5, 5.41) is 5.02. The Kier molecular flexibility index (Phi) is 9.60. The van der Waals surface area contributed by atoms with Crippen molar-refractivity contribution in [3.8, 4) is 50.2 Å². The largest absolute Gasteiger partial charge is 0.310 e. The molecule has 0 aliphatic rings. The number of allylic oxidation sites excluding steroid dienone is 5. The minimum atomic E-state index is 0.939. The van der Waals surface area contributed by atoms with E-state index >= 15 is 0 Å². The summed E-state index contributed by atoms with van der Waals surface area (Å²) >= 11 is 0. The van der Waals surface area contributed by atoms with Crippen LogP contribution in [-0.4, -0.2) is 9.13 Å². The lowest BCUT2D eigenvalue weighted by molar-refractivity contribution is 1.18.